The van der Waals surface area contributed by atoms with Crippen LogP contribution in [0.25, 0.3) is 11.3 Å². The molecule has 152 valence electrons. The van der Waals surface area contributed by atoms with Crippen LogP contribution in [0.2, 0.25) is 0 Å². The normalized spacial score (nSPS) is 29.4. The molecule has 5 heteroatoms. The summed E-state index contributed by atoms with van der Waals surface area (Å²) in [5.74, 6) is 2.21. The molecule has 2 unspecified atom stereocenters. The summed E-state index contributed by atoms with van der Waals surface area (Å²) < 4.78 is 7.85. The molecule has 1 aromatic carbocycles. The molecule has 1 saturated heterocycles. The largest absolute Gasteiger partial charge is 0.380 e. The minimum atomic E-state index is 0.327. The fourth-order valence-corrected chi connectivity index (χ4v) is 5.69. The number of hydrogen-bond acceptors (Lipinski definition) is 4. The van der Waals surface area contributed by atoms with Crippen LogP contribution in [0, 0.1) is 23.2 Å². The highest BCUT2D eigenvalue weighted by atomic mass is 16.5. The van der Waals surface area contributed by atoms with Gasteiger partial charge < -0.3 is 4.74 Å². The van der Waals surface area contributed by atoms with E-state index in [0.717, 1.165) is 55.3 Å². The van der Waals surface area contributed by atoms with Gasteiger partial charge in [-0.1, -0.05) is 18.2 Å². The standard InChI is InChI=1S/C24H30N4O/c1-16(2)28-23(14-22(26-28)19-7-4-3-6-17(19)15-25)24-20-12-18(13-21(20)24)27-8-5-10-29-11-9-27/h3-4,6-7,14,16,18,20-21,24H,5,8-13H2,1-2H3/t18?,20-,21+,24?. The zero-order chi connectivity index (χ0) is 20.0. The van der Waals surface area contributed by atoms with Gasteiger partial charge in [0, 0.05) is 49.0 Å². The molecule has 2 aromatic rings. The average molecular weight is 391 g/mol. The van der Waals surface area contributed by atoms with E-state index >= 15 is 0 Å². The summed E-state index contributed by atoms with van der Waals surface area (Å²) in [7, 11) is 0. The van der Waals surface area contributed by atoms with Crippen LogP contribution in [0.4, 0.5) is 0 Å². The molecule has 3 fully saturated rings. The maximum atomic E-state index is 9.49. The Morgan fingerprint density at radius 3 is 2.69 bits per heavy atom. The molecule has 2 heterocycles. The monoisotopic (exact) mass is 390 g/mol. The van der Waals surface area contributed by atoms with Crippen LogP contribution < -0.4 is 0 Å². The van der Waals surface area contributed by atoms with Crippen molar-refractivity contribution in [2.24, 2.45) is 11.8 Å². The molecule has 1 aliphatic heterocycles. The van der Waals surface area contributed by atoms with Crippen molar-refractivity contribution in [3.8, 4) is 17.3 Å². The van der Waals surface area contributed by atoms with Gasteiger partial charge in [0.2, 0.25) is 0 Å². The van der Waals surface area contributed by atoms with E-state index in [2.05, 4.69) is 35.6 Å². The number of nitriles is 1. The summed E-state index contributed by atoms with van der Waals surface area (Å²) >= 11 is 0. The average Bonchev–Trinajstić information content (AvgIpc) is 3.07. The molecule has 2 saturated carbocycles. The molecule has 0 radical (unpaired) electrons. The smallest absolute Gasteiger partial charge is 0.0998 e. The second kappa shape index (κ2) is 7.59. The van der Waals surface area contributed by atoms with Crippen molar-refractivity contribution in [3.05, 3.63) is 41.6 Å². The summed E-state index contributed by atoms with van der Waals surface area (Å²) in [6, 6.07) is 13.4. The third-order valence-electron chi connectivity index (χ3n) is 7.11. The van der Waals surface area contributed by atoms with Gasteiger partial charge in [-0.05, 0) is 57.1 Å². The molecule has 3 aliphatic rings. The Morgan fingerprint density at radius 2 is 1.93 bits per heavy atom. The molecule has 0 spiro atoms. The Hall–Kier alpha value is -2.16. The fourth-order valence-electron chi connectivity index (χ4n) is 5.69. The number of hydrogen-bond donors (Lipinski definition) is 0. The molecule has 0 amide bonds. The molecule has 0 N–H and O–H groups in total. The van der Waals surface area contributed by atoms with Gasteiger partial charge in [-0.25, -0.2) is 0 Å². The van der Waals surface area contributed by atoms with Crippen LogP contribution in [0.15, 0.2) is 30.3 Å². The zero-order valence-electron chi connectivity index (χ0n) is 17.4. The van der Waals surface area contributed by atoms with Crippen molar-refractivity contribution >= 4 is 0 Å². The lowest BCUT2D eigenvalue weighted by atomic mass is 10.0. The molecule has 2 aliphatic carbocycles. The van der Waals surface area contributed by atoms with Crippen LogP contribution in [-0.2, 0) is 4.74 Å². The summed E-state index contributed by atoms with van der Waals surface area (Å²) in [6.45, 7) is 8.49. The Kier molecular flexibility index (Phi) is 4.93. The summed E-state index contributed by atoms with van der Waals surface area (Å²) in [4.78, 5) is 2.67. The first-order valence-corrected chi connectivity index (χ1v) is 11.1. The van der Waals surface area contributed by atoms with Crippen molar-refractivity contribution in [1.82, 2.24) is 14.7 Å². The molecule has 0 bridgehead atoms. The Balaban J connectivity index is 1.36. The van der Waals surface area contributed by atoms with E-state index in [-0.39, 0.29) is 0 Å². The van der Waals surface area contributed by atoms with Crippen molar-refractivity contribution < 1.29 is 4.74 Å². The highest BCUT2D eigenvalue weighted by molar-refractivity contribution is 5.67. The first-order chi connectivity index (χ1) is 14.2. The Morgan fingerprint density at radius 1 is 1.14 bits per heavy atom. The lowest BCUT2D eigenvalue weighted by Gasteiger charge is -2.28. The van der Waals surface area contributed by atoms with Gasteiger partial charge in [-0.3, -0.25) is 9.58 Å². The van der Waals surface area contributed by atoms with E-state index in [1.165, 1.54) is 25.1 Å². The molecule has 5 rings (SSSR count). The van der Waals surface area contributed by atoms with Crippen LogP contribution in [0.5, 0.6) is 0 Å². The molecule has 1 aromatic heterocycles. The summed E-state index contributed by atoms with van der Waals surface area (Å²) in [6.07, 6.45) is 3.78. The SMILES string of the molecule is CC(C)n1nc(-c2ccccc2C#N)cc1C1[C@H]2CC(N3CCCOCC3)C[C@@H]12. The van der Waals surface area contributed by atoms with Gasteiger partial charge in [0.15, 0.2) is 0 Å². The number of fused-ring (bicyclic) bond motifs is 1. The summed E-state index contributed by atoms with van der Waals surface area (Å²) in [5.41, 5.74) is 3.96. The number of nitrogens with zero attached hydrogens (tertiary/aromatic N) is 4. The highest BCUT2D eigenvalue weighted by Crippen LogP contribution is 2.64. The second-order valence-corrected chi connectivity index (χ2v) is 9.13. The Labute approximate surface area is 173 Å². The van der Waals surface area contributed by atoms with Gasteiger partial charge in [0.25, 0.3) is 0 Å². The maximum Gasteiger partial charge on any atom is 0.0998 e. The lowest BCUT2D eigenvalue weighted by molar-refractivity contribution is 0.129. The fraction of sp³-hybridized carbons (Fsp3) is 0.583. The number of aromatic nitrogens is 2. The van der Waals surface area contributed by atoms with Crippen LogP contribution in [-0.4, -0.2) is 47.0 Å². The van der Waals surface area contributed by atoms with Gasteiger partial charge in [0.1, 0.15) is 0 Å². The third kappa shape index (κ3) is 3.39. The zero-order valence-corrected chi connectivity index (χ0v) is 17.4. The molecular weight excluding hydrogens is 360 g/mol. The highest BCUT2D eigenvalue weighted by Gasteiger charge is 2.58. The molecule has 5 nitrogen and oxygen atoms in total. The third-order valence-corrected chi connectivity index (χ3v) is 7.11. The van der Waals surface area contributed by atoms with Gasteiger partial charge in [-0.15, -0.1) is 0 Å². The van der Waals surface area contributed by atoms with Crippen LogP contribution in [0.3, 0.4) is 0 Å². The van der Waals surface area contributed by atoms with Gasteiger partial charge in [-0.2, -0.15) is 10.4 Å². The number of benzene rings is 1. The van der Waals surface area contributed by atoms with Crippen molar-refractivity contribution in [2.75, 3.05) is 26.3 Å². The van der Waals surface area contributed by atoms with E-state index in [1.807, 2.05) is 24.3 Å². The van der Waals surface area contributed by atoms with Crippen molar-refractivity contribution in [2.45, 2.75) is 51.1 Å². The van der Waals surface area contributed by atoms with Gasteiger partial charge >= 0.3 is 0 Å². The maximum absolute atomic E-state index is 9.49. The van der Waals surface area contributed by atoms with Crippen molar-refractivity contribution in [3.63, 3.8) is 0 Å². The summed E-state index contributed by atoms with van der Waals surface area (Å²) in [5, 5.41) is 14.4. The number of ether oxygens (including phenoxy) is 1. The van der Waals surface area contributed by atoms with E-state index in [9.17, 15) is 5.26 Å². The predicted octanol–water partition coefficient (Wildman–Crippen LogP) is 4.22. The Bertz CT molecular complexity index is 907. The first kappa shape index (κ1) is 18.8. The van der Waals surface area contributed by atoms with E-state index in [0.29, 0.717) is 17.5 Å². The van der Waals surface area contributed by atoms with Crippen molar-refractivity contribution in [1.29, 1.82) is 5.26 Å². The van der Waals surface area contributed by atoms with Gasteiger partial charge in [0.05, 0.1) is 23.9 Å². The molecule has 4 atom stereocenters. The second-order valence-electron chi connectivity index (χ2n) is 9.13. The predicted molar refractivity (Wildman–Crippen MR) is 113 cm³/mol. The topological polar surface area (TPSA) is 54.1 Å². The van der Waals surface area contributed by atoms with E-state index in [1.54, 1.807) is 0 Å². The first-order valence-electron chi connectivity index (χ1n) is 11.1. The van der Waals surface area contributed by atoms with E-state index in [4.69, 9.17) is 9.84 Å². The minimum absolute atomic E-state index is 0.327. The minimum Gasteiger partial charge on any atom is -0.380 e. The lowest BCUT2D eigenvalue weighted by Crippen LogP contribution is -2.36. The van der Waals surface area contributed by atoms with Crippen LogP contribution >= 0.6 is 0 Å². The van der Waals surface area contributed by atoms with Crippen LogP contribution in [0.1, 0.15) is 56.3 Å². The quantitative estimate of drug-likeness (QED) is 0.784. The number of rotatable bonds is 4. The molecule has 29 heavy (non-hydrogen) atoms. The molecular formula is C24H30N4O. The van der Waals surface area contributed by atoms with E-state index < -0.39 is 0 Å².